The Balaban J connectivity index is 1.61. The summed E-state index contributed by atoms with van der Waals surface area (Å²) in [4.78, 5) is 24.1. The van der Waals surface area contributed by atoms with Crippen LogP contribution in [0.3, 0.4) is 0 Å². The van der Waals surface area contributed by atoms with Gasteiger partial charge in [-0.05, 0) is 53.6 Å². The molecule has 0 fully saturated rings. The lowest BCUT2D eigenvalue weighted by Crippen LogP contribution is -2.29. The minimum absolute atomic E-state index is 0.397. The number of carbonyl (C=O) groups excluding carboxylic acids is 2. The molecule has 0 radical (unpaired) electrons. The van der Waals surface area contributed by atoms with Crippen LogP contribution in [0.5, 0.6) is 0 Å². The van der Waals surface area contributed by atoms with Crippen molar-refractivity contribution in [3.05, 3.63) is 84.2 Å². The molecular weight excluding hydrogens is 345 g/mol. The summed E-state index contributed by atoms with van der Waals surface area (Å²) >= 11 is 0. The molecule has 0 aliphatic carbocycles. The normalized spacial score (nSPS) is 12.1. The van der Waals surface area contributed by atoms with Crippen LogP contribution in [0.2, 0.25) is 0 Å². The van der Waals surface area contributed by atoms with Crippen LogP contribution < -0.4 is 5.32 Å². The minimum Gasteiger partial charge on any atom is -0.449 e. The van der Waals surface area contributed by atoms with Crippen LogP contribution >= 0.6 is 0 Å². The fourth-order valence-electron chi connectivity index (χ4n) is 2.60. The summed E-state index contributed by atoms with van der Waals surface area (Å²) in [7, 11) is 0. The highest BCUT2D eigenvalue weighted by Crippen LogP contribution is 2.19. The number of benzene rings is 3. The number of carbonyl (C=O) groups is 2. The second-order valence-electron chi connectivity index (χ2n) is 5.98. The van der Waals surface area contributed by atoms with Gasteiger partial charge in [0.2, 0.25) is 0 Å². The van der Waals surface area contributed by atoms with E-state index in [1.165, 1.54) is 37.3 Å². The van der Waals surface area contributed by atoms with Gasteiger partial charge in [-0.2, -0.15) is 0 Å². The average molecular weight is 363 g/mol. The number of hydrogen-bond donors (Lipinski definition) is 1. The molecule has 0 saturated carbocycles. The maximum atomic E-state index is 12.9. The molecule has 0 bridgehead atoms. The SMILES string of the molecule is CC(OC(=O)/C=C/c1cccc2ccccc12)C(=O)Nc1ccc(F)cc1. The van der Waals surface area contributed by atoms with E-state index in [9.17, 15) is 14.0 Å². The molecule has 3 aromatic rings. The van der Waals surface area contributed by atoms with E-state index in [0.29, 0.717) is 5.69 Å². The van der Waals surface area contributed by atoms with Crippen LogP contribution in [0, 0.1) is 5.82 Å². The number of amides is 1. The highest BCUT2D eigenvalue weighted by Gasteiger charge is 2.16. The van der Waals surface area contributed by atoms with Crippen molar-refractivity contribution < 1.29 is 18.7 Å². The maximum absolute atomic E-state index is 12.9. The first-order chi connectivity index (χ1) is 13.0. The number of rotatable bonds is 5. The molecule has 3 rings (SSSR count). The topological polar surface area (TPSA) is 55.4 Å². The lowest BCUT2D eigenvalue weighted by atomic mass is 10.0. The Morgan fingerprint density at radius 2 is 1.70 bits per heavy atom. The van der Waals surface area contributed by atoms with E-state index in [-0.39, 0.29) is 0 Å². The van der Waals surface area contributed by atoms with Gasteiger partial charge in [0.15, 0.2) is 6.10 Å². The number of anilines is 1. The maximum Gasteiger partial charge on any atom is 0.331 e. The second-order valence-corrected chi connectivity index (χ2v) is 5.98. The van der Waals surface area contributed by atoms with Crippen molar-refractivity contribution in [3.8, 4) is 0 Å². The molecule has 136 valence electrons. The summed E-state index contributed by atoms with van der Waals surface area (Å²) in [5.74, 6) is -1.51. The summed E-state index contributed by atoms with van der Waals surface area (Å²) in [5, 5.41) is 4.65. The zero-order chi connectivity index (χ0) is 19.2. The molecule has 0 heterocycles. The first kappa shape index (κ1) is 18.3. The van der Waals surface area contributed by atoms with Crippen LogP contribution in [0.4, 0.5) is 10.1 Å². The molecule has 1 amide bonds. The number of hydrogen-bond acceptors (Lipinski definition) is 3. The highest BCUT2D eigenvalue weighted by molar-refractivity contribution is 5.98. The first-order valence-electron chi connectivity index (χ1n) is 8.46. The van der Waals surface area contributed by atoms with Crippen molar-refractivity contribution in [2.75, 3.05) is 5.32 Å². The zero-order valence-corrected chi connectivity index (χ0v) is 14.7. The van der Waals surface area contributed by atoms with E-state index < -0.39 is 23.8 Å². The van der Waals surface area contributed by atoms with Gasteiger partial charge in [0, 0.05) is 11.8 Å². The van der Waals surface area contributed by atoms with Crippen molar-refractivity contribution in [2.24, 2.45) is 0 Å². The molecule has 1 N–H and O–H groups in total. The summed E-state index contributed by atoms with van der Waals surface area (Å²) in [5.41, 5.74) is 1.31. The fraction of sp³-hybridized carbons (Fsp3) is 0.0909. The van der Waals surface area contributed by atoms with Crippen LogP contribution in [0.15, 0.2) is 72.8 Å². The van der Waals surface area contributed by atoms with Crippen molar-refractivity contribution in [1.29, 1.82) is 0 Å². The Hall–Kier alpha value is -3.47. The van der Waals surface area contributed by atoms with Crippen LogP contribution in [0.1, 0.15) is 12.5 Å². The highest BCUT2D eigenvalue weighted by atomic mass is 19.1. The quantitative estimate of drug-likeness (QED) is 0.534. The van der Waals surface area contributed by atoms with Crippen LogP contribution in [0.25, 0.3) is 16.8 Å². The van der Waals surface area contributed by atoms with Gasteiger partial charge in [0.1, 0.15) is 5.82 Å². The van der Waals surface area contributed by atoms with Crippen molar-refractivity contribution in [1.82, 2.24) is 0 Å². The number of nitrogens with one attached hydrogen (secondary N) is 1. The Kier molecular flexibility index (Phi) is 5.61. The number of halogens is 1. The molecule has 0 saturated heterocycles. The van der Waals surface area contributed by atoms with Gasteiger partial charge >= 0.3 is 5.97 Å². The molecule has 1 unspecified atom stereocenters. The number of fused-ring (bicyclic) bond motifs is 1. The summed E-state index contributed by atoms with van der Waals surface area (Å²) in [6.45, 7) is 1.47. The lowest BCUT2D eigenvalue weighted by Gasteiger charge is -2.12. The van der Waals surface area contributed by atoms with E-state index in [1.54, 1.807) is 6.08 Å². The van der Waals surface area contributed by atoms with Crippen molar-refractivity contribution >= 4 is 34.4 Å². The molecule has 5 heteroatoms. The van der Waals surface area contributed by atoms with E-state index in [0.717, 1.165) is 16.3 Å². The lowest BCUT2D eigenvalue weighted by molar-refractivity contribution is -0.148. The molecule has 0 aromatic heterocycles. The molecule has 0 aliphatic rings. The third-order valence-corrected chi connectivity index (χ3v) is 4.00. The second kappa shape index (κ2) is 8.27. The molecule has 1 atom stereocenters. The molecule has 0 spiro atoms. The smallest absolute Gasteiger partial charge is 0.331 e. The summed E-state index contributed by atoms with van der Waals surface area (Å²) in [6.07, 6.45) is 1.97. The summed E-state index contributed by atoms with van der Waals surface area (Å²) in [6, 6.07) is 19.0. The Bertz CT molecular complexity index is 991. The molecule has 27 heavy (non-hydrogen) atoms. The van der Waals surface area contributed by atoms with Gasteiger partial charge in [-0.3, -0.25) is 4.79 Å². The number of esters is 1. The van der Waals surface area contributed by atoms with Gasteiger partial charge < -0.3 is 10.1 Å². The Labute approximate surface area is 156 Å². The van der Waals surface area contributed by atoms with Gasteiger partial charge in [0.05, 0.1) is 0 Å². The van der Waals surface area contributed by atoms with E-state index in [2.05, 4.69) is 5.32 Å². The zero-order valence-electron chi connectivity index (χ0n) is 14.7. The van der Waals surface area contributed by atoms with Crippen molar-refractivity contribution in [3.63, 3.8) is 0 Å². The molecule has 4 nitrogen and oxygen atoms in total. The largest absolute Gasteiger partial charge is 0.449 e. The van der Waals surface area contributed by atoms with Crippen LogP contribution in [-0.2, 0) is 14.3 Å². The van der Waals surface area contributed by atoms with Gasteiger partial charge in [-0.15, -0.1) is 0 Å². The molecular formula is C22H18FNO3. The van der Waals surface area contributed by atoms with Gasteiger partial charge in [-0.25, -0.2) is 9.18 Å². The standard InChI is InChI=1S/C22H18FNO3/c1-15(22(26)24-19-12-10-18(23)11-13-19)27-21(25)14-9-17-7-4-6-16-5-2-3-8-20(16)17/h2-15H,1H3,(H,24,26)/b14-9+. The third kappa shape index (κ3) is 4.79. The predicted molar refractivity (Wildman–Crippen MR) is 104 cm³/mol. The monoisotopic (exact) mass is 363 g/mol. The Morgan fingerprint density at radius 1 is 1.00 bits per heavy atom. The van der Waals surface area contributed by atoms with E-state index in [4.69, 9.17) is 4.74 Å². The Morgan fingerprint density at radius 3 is 2.48 bits per heavy atom. The molecule has 0 aliphatic heterocycles. The third-order valence-electron chi connectivity index (χ3n) is 4.00. The minimum atomic E-state index is -0.986. The predicted octanol–water partition coefficient (Wildman–Crippen LogP) is 4.56. The van der Waals surface area contributed by atoms with E-state index in [1.807, 2.05) is 42.5 Å². The van der Waals surface area contributed by atoms with Crippen molar-refractivity contribution in [2.45, 2.75) is 13.0 Å². The fourth-order valence-corrected chi connectivity index (χ4v) is 2.60. The average Bonchev–Trinajstić information content (AvgIpc) is 2.68. The van der Waals surface area contributed by atoms with Crippen LogP contribution in [-0.4, -0.2) is 18.0 Å². The molecule has 3 aromatic carbocycles. The number of ether oxygens (including phenoxy) is 1. The summed E-state index contributed by atoms with van der Waals surface area (Å²) < 4.78 is 18.0. The van der Waals surface area contributed by atoms with Gasteiger partial charge in [-0.1, -0.05) is 42.5 Å². The first-order valence-corrected chi connectivity index (χ1v) is 8.46. The van der Waals surface area contributed by atoms with Gasteiger partial charge in [0.25, 0.3) is 5.91 Å². The van der Waals surface area contributed by atoms with E-state index >= 15 is 0 Å².